The molecule has 378 valence electrons. The quantitative estimate of drug-likeness (QED) is 0.0764. The minimum Gasteiger partial charge on any atom is -0.489 e. The molecular formula is C54H62N8O9S. The van der Waals surface area contributed by atoms with Crippen molar-refractivity contribution >= 4 is 61.0 Å². The fourth-order valence-electron chi connectivity index (χ4n) is 13.1. The summed E-state index contributed by atoms with van der Waals surface area (Å²) in [5.74, 6) is -0.387. The van der Waals surface area contributed by atoms with Gasteiger partial charge in [-0.1, -0.05) is 36.4 Å². The van der Waals surface area contributed by atoms with Gasteiger partial charge in [0.25, 0.3) is 21.6 Å². The summed E-state index contributed by atoms with van der Waals surface area (Å²) in [7, 11) is -4.71. The third kappa shape index (κ3) is 8.42. The molecule has 2 aliphatic carbocycles. The van der Waals surface area contributed by atoms with Crippen molar-refractivity contribution in [2.75, 3.05) is 54.6 Å². The fraction of sp³-hybridized carbons (Fsp3) is 0.481. The summed E-state index contributed by atoms with van der Waals surface area (Å²) in [6, 6.07) is 20.7. The Bertz CT molecular complexity index is 3070. The highest BCUT2D eigenvalue weighted by molar-refractivity contribution is 7.90. The molecule has 2 saturated carbocycles. The van der Waals surface area contributed by atoms with Crippen molar-refractivity contribution in [3.8, 4) is 11.6 Å². The predicted octanol–water partition coefficient (Wildman–Crippen LogP) is 8.62. The molecule has 18 heteroatoms. The summed E-state index contributed by atoms with van der Waals surface area (Å²) >= 11 is 0. The van der Waals surface area contributed by atoms with Crippen LogP contribution >= 0.6 is 0 Å². The molecule has 3 aromatic carbocycles. The number of H-pyrrole nitrogens is 1. The van der Waals surface area contributed by atoms with Crippen molar-refractivity contribution in [3.63, 3.8) is 0 Å². The van der Waals surface area contributed by atoms with Crippen LogP contribution in [0.25, 0.3) is 16.6 Å². The van der Waals surface area contributed by atoms with Gasteiger partial charge < -0.3 is 39.4 Å². The number of aromatic amines is 1. The number of rotatable bonds is 10. The average molecular weight is 999 g/mol. The molecule has 0 radical (unpaired) electrons. The predicted molar refractivity (Wildman–Crippen MR) is 274 cm³/mol. The van der Waals surface area contributed by atoms with Gasteiger partial charge in [0.1, 0.15) is 24.0 Å². The van der Waals surface area contributed by atoms with Gasteiger partial charge in [-0.15, -0.1) is 0 Å². The number of fused-ring (bicyclic) bond motifs is 4. The molecule has 7 aliphatic rings. The molecule has 7 heterocycles. The number of allylic oxidation sites excluding steroid dienone is 1. The molecule has 5 aromatic rings. The van der Waals surface area contributed by atoms with Crippen LogP contribution in [0.3, 0.4) is 0 Å². The number of carbonyl (C=O) groups is 1. The van der Waals surface area contributed by atoms with Crippen molar-refractivity contribution in [1.82, 2.24) is 19.6 Å². The molecular weight excluding hydrogens is 937 g/mol. The first-order chi connectivity index (χ1) is 34.8. The Kier molecular flexibility index (Phi) is 12.0. The summed E-state index contributed by atoms with van der Waals surface area (Å²) in [6.45, 7) is 10.1. The number of nitro benzene ring substituents is 1. The monoisotopic (exact) mass is 998 g/mol. The Labute approximate surface area is 419 Å². The van der Waals surface area contributed by atoms with E-state index in [1.807, 2.05) is 29.2 Å². The number of nitro groups is 1. The van der Waals surface area contributed by atoms with E-state index in [0.717, 1.165) is 74.5 Å². The van der Waals surface area contributed by atoms with Gasteiger partial charge in [-0.25, -0.2) is 13.1 Å². The number of pyridine rings is 1. The highest BCUT2D eigenvalue weighted by Crippen LogP contribution is 2.55. The maximum Gasteiger partial charge on any atom is 0.297 e. The number of amides is 1. The number of anilines is 4. The summed E-state index contributed by atoms with van der Waals surface area (Å²) in [4.78, 5) is 41.4. The number of benzene rings is 3. The second-order valence-electron chi connectivity index (χ2n) is 21.3. The third-order valence-corrected chi connectivity index (χ3v) is 18.3. The van der Waals surface area contributed by atoms with Crippen LogP contribution in [-0.4, -0.2) is 109 Å². The third-order valence-electron chi connectivity index (χ3n) is 17.0. The number of hydrogen-bond donors (Lipinski definition) is 4. The summed E-state index contributed by atoms with van der Waals surface area (Å²) in [5, 5.41) is 26.7. The summed E-state index contributed by atoms with van der Waals surface area (Å²) in [5.41, 5.74) is 6.36. The van der Waals surface area contributed by atoms with Crippen LogP contribution in [0.4, 0.5) is 28.4 Å². The van der Waals surface area contributed by atoms with E-state index in [0.29, 0.717) is 67.5 Å². The Morgan fingerprint density at radius 3 is 2.56 bits per heavy atom. The van der Waals surface area contributed by atoms with Gasteiger partial charge in [0.15, 0.2) is 11.4 Å². The first kappa shape index (κ1) is 46.8. The fourth-order valence-corrected chi connectivity index (χ4v) is 14.1. The molecule has 0 bridgehead atoms. The minimum absolute atomic E-state index is 0.0105. The highest BCUT2D eigenvalue weighted by atomic mass is 32.2. The number of likely N-dealkylation sites (tertiary alicyclic amines) is 1. The van der Waals surface area contributed by atoms with Gasteiger partial charge in [-0.05, 0) is 130 Å². The molecule has 5 fully saturated rings. The van der Waals surface area contributed by atoms with Gasteiger partial charge in [0.05, 0.1) is 52.5 Å². The van der Waals surface area contributed by atoms with Crippen LogP contribution in [0.15, 0.2) is 84.4 Å². The van der Waals surface area contributed by atoms with E-state index >= 15 is 0 Å². The molecule has 2 aromatic heterocycles. The number of nitrogens with zero attached hydrogens (tertiary/aromatic N) is 5. The Hall–Kier alpha value is -6.21. The van der Waals surface area contributed by atoms with E-state index < -0.39 is 31.4 Å². The van der Waals surface area contributed by atoms with Crippen molar-refractivity contribution in [2.24, 2.45) is 11.3 Å². The molecule has 17 nitrogen and oxygen atoms in total. The number of nitrogens with one attached hydrogen (secondary N) is 3. The molecule has 4 atom stereocenters. The molecule has 0 unspecified atom stereocenters. The second-order valence-corrected chi connectivity index (χ2v) is 23.0. The number of aromatic nitrogens is 2. The zero-order valence-electron chi connectivity index (χ0n) is 40.6. The zero-order chi connectivity index (χ0) is 49.5. The summed E-state index contributed by atoms with van der Waals surface area (Å²) in [6.07, 6.45) is 11.2. The largest absolute Gasteiger partial charge is 0.489 e. The molecule has 1 amide bonds. The Morgan fingerprint density at radius 2 is 1.76 bits per heavy atom. The molecule has 12 rings (SSSR count). The first-order valence-electron chi connectivity index (χ1n) is 25.7. The van der Waals surface area contributed by atoms with Crippen LogP contribution in [-0.2, 0) is 14.8 Å². The molecule has 3 saturated heterocycles. The second kappa shape index (κ2) is 18.4. The van der Waals surface area contributed by atoms with Crippen LogP contribution in [0.2, 0.25) is 0 Å². The first-order valence-corrected chi connectivity index (χ1v) is 27.2. The number of aliphatic hydroxyl groups is 1. The number of sulfonamides is 1. The van der Waals surface area contributed by atoms with Crippen LogP contribution in [0, 0.1) is 21.4 Å². The van der Waals surface area contributed by atoms with Crippen LogP contribution in [0.1, 0.15) is 105 Å². The smallest absolute Gasteiger partial charge is 0.297 e. The van der Waals surface area contributed by atoms with E-state index in [1.165, 1.54) is 36.5 Å². The number of ether oxygens (including phenoxy) is 3. The standard InChI is InChI=1S/C54H62N8O9S/c1-32(2)39-6-3-4-7-40(39)43-8-5-20-60(43)36-28-54(29-36)17-21-59(22-18-54)35-11-14-41(44(25-35)61-46-24-34-15-19-55-51(34)57-53(46)71-48-16-23-69-31-47(48)61)52(64)58-72(67,68)38-26-45(62(65)66)50-49(27-38)70-30-42(56-50)33-9-12-37(63)13-10-33/h3-4,6-7,11,14-15,19,24-27,33,36-37,42-43,47-48,56,63H,1,5,8-10,12-13,16-18,20-23,28-31H2,2H3,(H,55,57)(H,58,64)/t33?,37?,42-,43-,47-,48-/m0/s1. The Balaban J connectivity index is 0.835. The lowest BCUT2D eigenvalue weighted by Crippen LogP contribution is -2.55. The van der Waals surface area contributed by atoms with Gasteiger partial charge in [0.2, 0.25) is 5.88 Å². The molecule has 5 aliphatic heterocycles. The van der Waals surface area contributed by atoms with Crippen molar-refractivity contribution in [1.29, 1.82) is 0 Å². The lowest BCUT2D eigenvalue weighted by Gasteiger charge is -2.56. The lowest BCUT2D eigenvalue weighted by atomic mass is 9.59. The van der Waals surface area contributed by atoms with Gasteiger partial charge in [-0.2, -0.15) is 4.98 Å². The molecule has 72 heavy (non-hydrogen) atoms. The summed E-state index contributed by atoms with van der Waals surface area (Å²) < 4.78 is 49.7. The zero-order valence-corrected chi connectivity index (χ0v) is 41.4. The lowest BCUT2D eigenvalue weighted by molar-refractivity contribution is -0.384. The number of aliphatic hydroxyl groups excluding tert-OH is 1. The van der Waals surface area contributed by atoms with Gasteiger partial charge in [0, 0.05) is 61.0 Å². The molecule has 4 N–H and O–H groups in total. The van der Waals surface area contributed by atoms with Crippen molar-refractivity contribution in [3.05, 3.63) is 106 Å². The van der Waals surface area contributed by atoms with Crippen molar-refractivity contribution < 1.29 is 37.5 Å². The van der Waals surface area contributed by atoms with Crippen molar-refractivity contribution in [2.45, 2.75) is 119 Å². The van der Waals surface area contributed by atoms with E-state index in [-0.39, 0.29) is 59.2 Å². The van der Waals surface area contributed by atoms with Gasteiger partial charge in [-0.3, -0.25) is 19.8 Å². The number of piperidine rings is 1. The average Bonchev–Trinajstić information content (AvgIpc) is 4.06. The normalized spacial score (nSPS) is 26.1. The number of hydrogen-bond acceptors (Lipinski definition) is 14. The maximum absolute atomic E-state index is 14.8. The van der Waals surface area contributed by atoms with Crippen LogP contribution in [0.5, 0.6) is 11.6 Å². The van der Waals surface area contributed by atoms with E-state index in [9.17, 15) is 28.4 Å². The number of carbonyl (C=O) groups excluding carboxylic acids is 1. The van der Waals surface area contributed by atoms with Crippen LogP contribution < -0.4 is 29.3 Å². The van der Waals surface area contributed by atoms with E-state index in [4.69, 9.17) is 19.2 Å². The van der Waals surface area contributed by atoms with E-state index in [2.05, 4.69) is 62.6 Å². The van der Waals surface area contributed by atoms with Gasteiger partial charge >= 0.3 is 0 Å². The maximum atomic E-state index is 14.8. The van der Waals surface area contributed by atoms with E-state index in [1.54, 1.807) is 12.3 Å². The minimum atomic E-state index is -4.71. The highest BCUT2D eigenvalue weighted by Gasteiger charge is 2.50. The SMILES string of the molecule is C=C(C)c1ccccc1[C@@H]1CCCN1C1CC2(CCN(c3ccc(C(=O)NS(=O)(=O)c4cc5c(c([N+](=O)[O-])c4)N[C@H](C4CCC(O)CC4)CO5)c(N4c5cc6cc[nH]c6nc5O[C@H]5CCOC[C@@H]54)c3)CC2)C1. The Morgan fingerprint density at radius 1 is 0.958 bits per heavy atom. The molecule has 1 spiro atoms. The topological polar surface area (TPSA) is 205 Å².